The molecule has 5 saturated heterocycles. The topological polar surface area (TPSA) is 141 Å². The monoisotopic (exact) mass is 512 g/mol. The van der Waals surface area contributed by atoms with Gasteiger partial charge in [-0.05, 0) is 42.9 Å². The molecule has 5 bridgehead atoms. The summed E-state index contributed by atoms with van der Waals surface area (Å²) in [5.74, 6) is -0.176. The molecule has 1 aromatic rings. The fourth-order valence-corrected chi connectivity index (χ4v) is 8.32. The Morgan fingerprint density at radius 2 is 2.03 bits per heavy atom. The SMILES string of the molecule is C/C=C1/[C@@H](O[C@@H]2O[C@H](CO)[C@@H](O)[C@H](O)[C@H]2O)N2C3C[C@@H]1[C@@H]1[C@@H](OC(C)=O)C4(C[C@@H]12)C3=Nc1ccccc14. The number of ether oxygens (including phenoxy) is 3. The Morgan fingerprint density at radius 1 is 1.24 bits per heavy atom. The maximum atomic E-state index is 12.4. The number of para-hydroxylation sites is 1. The van der Waals surface area contributed by atoms with Crippen LogP contribution in [0.3, 0.4) is 0 Å². The summed E-state index contributed by atoms with van der Waals surface area (Å²) in [4.78, 5) is 19.8. The first-order valence-corrected chi connectivity index (χ1v) is 13.1. The maximum Gasteiger partial charge on any atom is 0.302 e. The highest BCUT2D eigenvalue weighted by Gasteiger charge is 2.75. The van der Waals surface area contributed by atoms with Crippen LogP contribution in [-0.4, -0.2) is 98.7 Å². The van der Waals surface area contributed by atoms with Gasteiger partial charge in [-0.3, -0.25) is 14.7 Å². The number of nitrogens with zero attached hydrogens (tertiary/aromatic N) is 2. The normalized spacial score (nSPS) is 49.7. The third-order valence-electron chi connectivity index (χ3n) is 9.62. The molecule has 10 nitrogen and oxygen atoms in total. The molecule has 1 aliphatic carbocycles. The lowest BCUT2D eigenvalue weighted by atomic mass is 9.66. The molecule has 198 valence electrons. The number of esters is 1. The molecule has 8 rings (SSSR count). The smallest absolute Gasteiger partial charge is 0.302 e. The van der Waals surface area contributed by atoms with Crippen LogP contribution in [0.25, 0.3) is 0 Å². The average molecular weight is 513 g/mol. The summed E-state index contributed by atoms with van der Waals surface area (Å²) >= 11 is 0. The van der Waals surface area contributed by atoms with Crippen LogP contribution in [0.1, 0.15) is 32.3 Å². The lowest BCUT2D eigenvalue weighted by Gasteiger charge is -2.59. The number of piperidine rings is 4. The van der Waals surface area contributed by atoms with Crippen molar-refractivity contribution in [3.05, 3.63) is 41.5 Å². The average Bonchev–Trinajstić information content (AvgIpc) is 3.36. The van der Waals surface area contributed by atoms with E-state index in [0.717, 1.165) is 35.4 Å². The molecule has 37 heavy (non-hydrogen) atoms. The number of hydrogen-bond acceptors (Lipinski definition) is 10. The predicted molar refractivity (Wildman–Crippen MR) is 129 cm³/mol. The van der Waals surface area contributed by atoms with E-state index in [4.69, 9.17) is 19.2 Å². The van der Waals surface area contributed by atoms with Crippen molar-refractivity contribution in [3.63, 3.8) is 0 Å². The van der Waals surface area contributed by atoms with Gasteiger partial charge < -0.3 is 34.6 Å². The number of aliphatic imine (C=N–C) groups is 1. The lowest BCUT2D eigenvalue weighted by molar-refractivity contribution is -0.328. The van der Waals surface area contributed by atoms with Gasteiger partial charge in [-0.15, -0.1) is 0 Å². The zero-order chi connectivity index (χ0) is 25.8. The second-order valence-corrected chi connectivity index (χ2v) is 11.1. The van der Waals surface area contributed by atoms with Gasteiger partial charge in [0.1, 0.15) is 36.7 Å². The number of aliphatic hydroxyl groups is 4. The molecule has 6 aliphatic heterocycles. The Balaban J connectivity index is 1.30. The third-order valence-corrected chi connectivity index (χ3v) is 9.62. The number of aliphatic hydroxyl groups excluding tert-OH is 4. The lowest BCUT2D eigenvalue weighted by Crippen LogP contribution is -2.70. The summed E-state index contributed by atoms with van der Waals surface area (Å²) in [6, 6.07) is 8.10. The van der Waals surface area contributed by atoms with Crippen LogP contribution >= 0.6 is 0 Å². The molecule has 6 heterocycles. The van der Waals surface area contributed by atoms with Crippen molar-refractivity contribution in [2.75, 3.05) is 6.61 Å². The van der Waals surface area contributed by atoms with Gasteiger partial charge in [-0.25, -0.2) is 0 Å². The van der Waals surface area contributed by atoms with Crippen molar-refractivity contribution in [2.45, 2.75) is 87.2 Å². The van der Waals surface area contributed by atoms with E-state index in [1.54, 1.807) is 0 Å². The Hall–Kier alpha value is -2.18. The number of fused-ring (bicyclic) bond motifs is 2. The fourth-order valence-electron chi connectivity index (χ4n) is 8.32. The summed E-state index contributed by atoms with van der Waals surface area (Å²) in [5.41, 5.74) is 3.57. The number of hydrogen-bond donors (Lipinski definition) is 4. The van der Waals surface area contributed by atoms with Crippen molar-refractivity contribution in [2.24, 2.45) is 16.8 Å². The van der Waals surface area contributed by atoms with Crippen molar-refractivity contribution < 1.29 is 39.4 Å². The molecule has 4 N–H and O–H groups in total. The molecular weight excluding hydrogens is 480 g/mol. The summed E-state index contributed by atoms with van der Waals surface area (Å²) in [5, 5.41) is 40.9. The van der Waals surface area contributed by atoms with Gasteiger partial charge in [0, 0.05) is 18.9 Å². The summed E-state index contributed by atoms with van der Waals surface area (Å²) < 4.78 is 18.3. The first kappa shape index (κ1) is 23.9. The highest BCUT2D eigenvalue weighted by molar-refractivity contribution is 6.08. The number of carbonyl (C=O) groups excluding carboxylic acids is 1. The second-order valence-electron chi connectivity index (χ2n) is 11.1. The third kappa shape index (κ3) is 2.95. The Morgan fingerprint density at radius 3 is 2.76 bits per heavy atom. The van der Waals surface area contributed by atoms with Gasteiger partial charge in [0.2, 0.25) is 0 Å². The van der Waals surface area contributed by atoms with Gasteiger partial charge >= 0.3 is 5.97 Å². The quantitative estimate of drug-likeness (QED) is 0.327. The Kier molecular flexibility index (Phi) is 5.27. The van der Waals surface area contributed by atoms with Gasteiger partial charge in [0.05, 0.1) is 29.5 Å². The van der Waals surface area contributed by atoms with Crippen LogP contribution in [0.2, 0.25) is 0 Å². The largest absolute Gasteiger partial charge is 0.461 e. The zero-order valence-electron chi connectivity index (χ0n) is 20.7. The minimum atomic E-state index is -1.52. The highest BCUT2D eigenvalue weighted by Crippen LogP contribution is 2.67. The van der Waals surface area contributed by atoms with Gasteiger partial charge in [-0.1, -0.05) is 24.3 Å². The Bertz CT molecular complexity index is 1200. The van der Waals surface area contributed by atoms with E-state index in [1.807, 2.05) is 31.2 Å². The van der Waals surface area contributed by atoms with Crippen LogP contribution in [-0.2, 0) is 24.4 Å². The number of carbonyl (C=O) groups is 1. The highest BCUT2D eigenvalue weighted by atomic mass is 16.7. The first-order chi connectivity index (χ1) is 17.8. The van der Waals surface area contributed by atoms with E-state index in [0.29, 0.717) is 0 Å². The molecule has 0 radical (unpaired) electrons. The molecule has 0 amide bonds. The van der Waals surface area contributed by atoms with E-state index in [2.05, 4.69) is 11.0 Å². The standard InChI is InChI=1S/C27H32N2O8/c1-3-12-13-8-16-23-27(14-6-4-5-7-15(14)28-23)9-17(19(13)24(27)35-11(2)31)29(16)25(12)37-26-22(34)21(33)20(32)18(10-30)36-26/h3-7,13,16-22,24-26,30,32-34H,8-10H2,1-2H3/b12-3+/t13-,16?,17-,18+,19-,20+,21-,22+,24+,25+,26-,27?/m0/s1. The van der Waals surface area contributed by atoms with Crippen molar-refractivity contribution in [1.29, 1.82) is 0 Å². The molecule has 0 aromatic heterocycles. The molecule has 7 aliphatic rings. The number of allylic oxidation sites excluding steroid dienone is 1. The molecular formula is C27H32N2O8. The minimum Gasteiger partial charge on any atom is -0.461 e. The molecule has 1 spiro atoms. The van der Waals surface area contributed by atoms with Crippen molar-refractivity contribution in [3.8, 4) is 0 Å². The van der Waals surface area contributed by atoms with E-state index in [-0.39, 0.29) is 36.0 Å². The fraction of sp³-hybridized carbons (Fsp3) is 0.630. The predicted octanol–water partition coefficient (Wildman–Crippen LogP) is 0.137. The number of rotatable bonds is 4. The molecule has 10 heteroatoms. The molecule has 1 aromatic carbocycles. The molecule has 13 atom stereocenters. The molecule has 3 unspecified atom stereocenters. The summed E-state index contributed by atoms with van der Waals surface area (Å²) in [6.07, 6.45) is -4.07. The van der Waals surface area contributed by atoms with Gasteiger partial charge in [0.25, 0.3) is 0 Å². The van der Waals surface area contributed by atoms with Crippen LogP contribution in [0, 0.1) is 11.8 Å². The maximum absolute atomic E-state index is 12.4. The van der Waals surface area contributed by atoms with Crippen molar-refractivity contribution >= 4 is 17.4 Å². The van der Waals surface area contributed by atoms with Gasteiger partial charge in [0.15, 0.2) is 6.29 Å². The van der Waals surface area contributed by atoms with E-state index < -0.39 is 49.0 Å². The number of benzene rings is 1. The summed E-state index contributed by atoms with van der Waals surface area (Å²) in [6.45, 7) is 2.89. The van der Waals surface area contributed by atoms with Crippen LogP contribution in [0.4, 0.5) is 5.69 Å². The van der Waals surface area contributed by atoms with Gasteiger partial charge in [-0.2, -0.15) is 0 Å². The van der Waals surface area contributed by atoms with E-state index in [9.17, 15) is 25.2 Å². The van der Waals surface area contributed by atoms with Crippen LogP contribution < -0.4 is 0 Å². The zero-order valence-corrected chi connectivity index (χ0v) is 20.7. The second kappa shape index (κ2) is 8.16. The van der Waals surface area contributed by atoms with E-state index >= 15 is 0 Å². The molecule has 1 saturated carbocycles. The van der Waals surface area contributed by atoms with Crippen molar-refractivity contribution in [1.82, 2.24) is 4.90 Å². The minimum absolute atomic E-state index is 0.0495. The molecule has 6 fully saturated rings. The Labute approximate surface area is 214 Å². The summed E-state index contributed by atoms with van der Waals surface area (Å²) in [7, 11) is 0. The van der Waals surface area contributed by atoms with E-state index in [1.165, 1.54) is 6.92 Å². The van der Waals surface area contributed by atoms with Crippen LogP contribution in [0.5, 0.6) is 0 Å². The van der Waals surface area contributed by atoms with Crippen LogP contribution in [0.15, 0.2) is 40.9 Å². The first-order valence-electron chi connectivity index (χ1n) is 13.1.